The summed E-state index contributed by atoms with van der Waals surface area (Å²) in [4.78, 5) is 16.3. The van der Waals surface area contributed by atoms with Crippen molar-refractivity contribution in [2.75, 3.05) is 12.4 Å². The molecule has 1 heterocycles. The van der Waals surface area contributed by atoms with Crippen molar-refractivity contribution in [2.45, 2.75) is 25.7 Å². The number of aromatic nitrogens is 1. The van der Waals surface area contributed by atoms with Crippen LogP contribution in [0, 0.1) is 0 Å². The molecule has 1 aromatic carbocycles. The predicted octanol–water partition coefficient (Wildman–Crippen LogP) is 2.76. The zero-order valence-corrected chi connectivity index (χ0v) is 12.1. The molecule has 0 spiro atoms. The van der Waals surface area contributed by atoms with Gasteiger partial charge in [0.2, 0.25) is 5.91 Å². The summed E-state index contributed by atoms with van der Waals surface area (Å²) < 4.78 is 5.18. The maximum atomic E-state index is 12.1. The van der Waals surface area contributed by atoms with E-state index < -0.39 is 0 Å². The van der Waals surface area contributed by atoms with Gasteiger partial charge < -0.3 is 10.1 Å². The number of methoxy groups -OCH3 is 1. The normalized spacial score (nSPS) is 12.8. The van der Waals surface area contributed by atoms with Gasteiger partial charge in [0.1, 0.15) is 0 Å². The summed E-state index contributed by atoms with van der Waals surface area (Å²) in [5.41, 5.74) is 3.85. The molecule has 21 heavy (non-hydrogen) atoms. The average molecular weight is 282 g/mol. The molecule has 1 N–H and O–H groups in total. The first kappa shape index (κ1) is 13.6. The second-order valence-corrected chi connectivity index (χ2v) is 5.24. The molecule has 0 bridgehead atoms. The molecule has 0 unspecified atom stereocenters. The van der Waals surface area contributed by atoms with Gasteiger partial charge in [-0.2, -0.15) is 0 Å². The smallest absolute Gasteiger partial charge is 0.230 e. The molecule has 0 aliphatic heterocycles. The molecule has 108 valence electrons. The van der Waals surface area contributed by atoms with Crippen molar-refractivity contribution in [1.29, 1.82) is 0 Å². The summed E-state index contributed by atoms with van der Waals surface area (Å²) in [7, 11) is 1.56. The van der Waals surface area contributed by atoms with Gasteiger partial charge in [-0.3, -0.25) is 4.79 Å². The molecule has 1 amide bonds. The molecular weight excluding hydrogens is 264 g/mol. The van der Waals surface area contributed by atoms with E-state index in [1.807, 2.05) is 6.07 Å². The maximum absolute atomic E-state index is 12.1. The van der Waals surface area contributed by atoms with E-state index in [9.17, 15) is 4.79 Å². The molecule has 3 rings (SSSR count). The Morgan fingerprint density at radius 3 is 3.00 bits per heavy atom. The Morgan fingerprint density at radius 1 is 1.29 bits per heavy atom. The van der Waals surface area contributed by atoms with E-state index in [1.165, 1.54) is 17.5 Å². The Balaban J connectivity index is 1.69. The Labute approximate surface area is 124 Å². The van der Waals surface area contributed by atoms with E-state index in [1.54, 1.807) is 25.4 Å². The van der Waals surface area contributed by atoms with Crippen LogP contribution in [0.3, 0.4) is 0 Å². The van der Waals surface area contributed by atoms with Crippen LogP contribution in [0.5, 0.6) is 5.75 Å². The molecule has 0 radical (unpaired) electrons. The molecule has 4 heteroatoms. The molecule has 0 fully saturated rings. The fraction of sp³-hybridized carbons (Fsp3) is 0.294. The lowest BCUT2D eigenvalue weighted by atomic mass is 10.0. The van der Waals surface area contributed by atoms with Gasteiger partial charge in [-0.25, -0.2) is 4.98 Å². The van der Waals surface area contributed by atoms with Crippen LogP contribution in [-0.2, 0) is 24.1 Å². The van der Waals surface area contributed by atoms with Crippen LogP contribution in [0.15, 0.2) is 36.5 Å². The molecule has 1 aliphatic carbocycles. The SMILES string of the molecule is COc1cccnc1NC(=O)Cc1ccc2c(c1)CCC2. The first-order valence-corrected chi connectivity index (χ1v) is 7.16. The lowest BCUT2D eigenvalue weighted by molar-refractivity contribution is -0.115. The number of pyridine rings is 1. The minimum absolute atomic E-state index is 0.0788. The van der Waals surface area contributed by atoms with Gasteiger partial charge in [-0.1, -0.05) is 18.2 Å². The Bertz CT molecular complexity index is 668. The zero-order chi connectivity index (χ0) is 14.7. The number of anilines is 1. The average Bonchev–Trinajstić information content (AvgIpc) is 2.95. The van der Waals surface area contributed by atoms with Crippen molar-refractivity contribution < 1.29 is 9.53 Å². The van der Waals surface area contributed by atoms with Gasteiger partial charge >= 0.3 is 0 Å². The molecule has 1 aliphatic rings. The van der Waals surface area contributed by atoms with Gasteiger partial charge in [0.05, 0.1) is 13.5 Å². The second kappa shape index (κ2) is 5.95. The van der Waals surface area contributed by atoms with Crippen LogP contribution in [0.4, 0.5) is 5.82 Å². The van der Waals surface area contributed by atoms with Crippen LogP contribution in [0.25, 0.3) is 0 Å². The Hall–Kier alpha value is -2.36. The number of hydrogen-bond donors (Lipinski definition) is 1. The first-order chi connectivity index (χ1) is 10.3. The van der Waals surface area contributed by atoms with E-state index >= 15 is 0 Å². The molecule has 0 saturated carbocycles. The number of carbonyl (C=O) groups is 1. The number of fused-ring (bicyclic) bond motifs is 1. The number of rotatable bonds is 4. The topological polar surface area (TPSA) is 51.2 Å². The Morgan fingerprint density at radius 2 is 2.14 bits per heavy atom. The first-order valence-electron chi connectivity index (χ1n) is 7.16. The number of carbonyl (C=O) groups excluding carboxylic acids is 1. The number of ether oxygens (including phenoxy) is 1. The standard InChI is InChI=1S/C17H18N2O2/c1-21-15-6-3-9-18-17(15)19-16(20)11-12-7-8-13-4-2-5-14(13)10-12/h3,6-10H,2,4-5,11H2,1H3,(H,18,19,20). The molecule has 0 saturated heterocycles. The van der Waals surface area contributed by atoms with Gasteiger partial charge in [0.25, 0.3) is 0 Å². The minimum Gasteiger partial charge on any atom is -0.493 e. The van der Waals surface area contributed by atoms with Crippen LogP contribution >= 0.6 is 0 Å². The van der Waals surface area contributed by atoms with Crippen molar-refractivity contribution in [3.8, 4) is 5.75 Å². The third-order valence-corrected chi connectivity index (χ3v) is 3.78. The summed E-state index contributed by atoms with van der Waals surface area (Å²) in [5, 5.41) is 2.80. The number of benzene rings is 1. The monoisotopic (exact) mass is 282 g/mol. The van der Waals surface area contributed by atoms with Crippen molar-refractivity contribution in [1.82, 2.24) is 4.98 Å². The van der Waals surface area contributed by atoms with E-state index in [0.717, 1.165) is 18.4 Å². The maximum Gasteiger partial charge on any atom is 0.230 e. The van der Waals surface area contributed by atoms with Crippen molar-refractivity contribution >= 4 is 11.7 Å². The van der Waals surface area contributed by atoms with Crippen molar-refractivity contribution in [3.05, 3.63) is 53.2 Å². The molecular formula is C17H18N2O2. The largest absolute Gasteiger partial charge is 0.493 e. The highest BCUT2D eigenvalue weighted by molar-refractivity contribution is 5.92. The van der Waals surface area contributed by atoms with E-state index in [4.69, 9.17) is 4.74 Å². The fourth-order valence-corrected chi connectivity index (χ4v) is 2.75. The highest BCUT2D eigenvalue weighted by Gasteiger charge is 2.13. The fourth-order valence-electron chi connectivity index (χ4n) is 2.75. The third kappa shape index (κ3) is 3.05. The second-order valence-electron chi connectivity index (χ2n) is 5.24. The van der Waals surface area contributed by atoms with E-state index in [-0.39, 0.29) is 5.91 Å². The summed E-state index contributed by atoms with van der Waals surface area (Å²) in [6.45, 7) is 0. The van der Waals surface area contributed by atoms with Crippen LogP contribution in [0.1, 0.15) is 23.1 Å². The summed E-state index contributed by atoms with van der Waals surface area (Å²) in [6.07, 6.45) is 5.49. The highest BCUT2D eigenvalue weighted by atomic mass is 16.5. The number of nitrogens with zero attached hydrogens (tertiary/aromatic N) is 1. The summed E-state index contributed by atoms with van der Waals surface area (Å²) in [5.74, 6) is 0.955. The van der Waals surface area contributed by atoms with E-state index in [2.05, 4.69) is 22.4 Å². The minimum atomic E-state index is -0.0788. The predicted molar refractivity (Wildman–Crippen MR) is 81.6 cm³/mol. The van der Waals surface area contributed by atoms with Crippen LogP contribution < -0.4 is 10.1 Å². The summed E-state index contributed by atoms with van der Waals surface area (Å²) >= 11 is 0. The van der Waals surface area contributed by atoms with Gasteiger partial charge in [-0.15, -0.1) is 0 Å². The number of aryl methyl sites for hydroxylation is 2. The summed E-state index contributed by atoms with van der Waals surface area (Å²) in [6, 6.07) is 9.89. The Kier molecular flexibility index (Phi) is 3.86. The van der Waals surface area contributed by atoms with Gasteiger partial charge in [0, 0.05) is 6.20 Å². The van der Waals surface area contributed by atoms with Crippen LogP contribution in [-0.4, -0.2) is 18.0 Å². The van der Waals surface area contributed by atoms with Crippen LogP contribution in [0.2, 0.25) is 0 Å². The van der Waals surface area contributed by atoms with Gasteiger partial charge in [-0.05, 0) is 48.1 Å². The third-order valence-electron chi connectivity index (χ3n) is 3.78. The lowest BCUT2D eigenvalue weighted by Gasteiger charge is -2.09. The quantitative estimate of drug-likeness (QED) is 0.938. The van der Waals surface area contributed by atoms with Gasteiger partial charge in [0.15, 0.2) is 11.6 Å². The lowest BCUT2D eigenvalue weighted by Crippen LogP contribution is -2.16. The molecule has 2 aromatic rings. The van der Waals surface area contributed by atoms with Crippen molar-refractivity contribution in [3.63, 3.8) is 0 Å². The highest BCUT2D eigenvalue weighted by Crippen LogP contribution is 2.24. The van der Waals surface area contributed by atoms with Crippen molar-refractivity contribution in [2.24, 2.45) is 0 Å². The van der Waals surface area contributed by atoms with E-state index in [0.29, 0.717) is 18.0 Å². The number of hydrogen-bond acceptors (Lipinski definition) is 3. The molecule has 0 atom stereocenters. The number of amides is 1. The molecule has 4 nitrogen and oxygen atoms in total. The zero-order valence-electron chi connectivity index (χ0n) is 12.1. The molecule has 1 aromatic heterocycles. The number of nitrogens with one attached hydrogen (secondary N) is 1.